The molecular formula is C14H20ClN3O3. The number of halogens is 1. The van der Waals surface area contributed by atoms with Crippen LogP contribution in [-0.4, -0.2) is 59.8 Å². The van der Waals surface area contributed by atoms with Gasteiger partial charge in [-0.1, -0.05) is 18.5 Å². The van der Waals surface area contributed by atoms with Crippen molar-refractivity contribution in [3.05, 3.63) is 22.8 Å². The van der Waals surface area contributed by atoms with Crippen LogP contribution in [-0.2, 0) is 4.74 Å². The third-order valence-corrected chi connectivity index (χ3v) is 3.42. The summed E-state index contributed by atoms with van der Waals surface area (Å²) in [7, 11) is 0. The highest BCUT2D eigenvalue weighted by Gasteiger charge is 2.25. The lowest BCUT2D eigenvalue weighted by Crippen LogP contribution is -2.46. The van der Waals surface area contributed by atoms with E-state index in [2.05, 4.69) is 10.3 Å². The summed E-state index contributed by atoms with van der Waals surface area (Å²) in [6.45, 7) is 4.04. The van der Waals surface area contributed by atoms with Gasteiger partial charge in [-0.25, -0.2) is 4.98 Å². The van der Waals surface area contributed by atoms with Crippen LogP contribution in [0.2, 0.25) is 5.15 Å². The number of aliphatic hydroxyl groups excluding tert-OH is 1. The fourth-order valence-corrected chi connectivity index (χ4v) is 2.37. The predicted molar refractivity (Wildman–Crippen MR) is 80.8 cm³/mol. The quantitative estimate of drug-likeness (QED) is 0.804. The third kappa shape index (κ3) is 4.30. The fraction of sp³-hybridized carbons (Fsp3) is 0.571. The van der Waals surface area contributed by atoms with Crippen LogP contribution in [0.4, 0.5) is 5.82 Å². The number of aliphatic hydroxyl groups is 1. The van der Waals surface area contributed by atoms with Crippen molar-refractivity contribution in [1.29, 1.82) is 0 Å². The largest absolute Gasteiger partial charge is 0.394 e. The lowest BCUT2D eigenvalue weighted by molar-refractivity contribution is -0.0447. The number of nitrogens with zero attached hydrogens (tertiary/aromatic N) is 2. The van der Waals surface area contributed by atoms with Gasteiger partial charge >= 0.3 is 0 Å². The molecule has 0 aromatic carbocycles. The fourth-order valence-electron chi connectivity index (χ4n) is 2.16. The van der Waals surface area contributed by atoms with E-state index in [0.29, 0.717) is 31.1 Å². The van der Waals surface area contributed by atoms with Gasteiger partial charge in [0, 0.05) is 25.2 Å². The van der Waals surface area contributed by atoms with E-state index in [9.17, 15) is 4.79 Å². The number of aromatic nitrogens is 1. The number of hydrogen-bond acceptors (Lipinski definition) is 5. The molecule has 1 unspecified atom stereocenters. The highest BCUT2D eigenvalue weighted by Crippen LogP contribution is 2.18. The van der Waals surface area contributed by atoms with Crippen LogP contribution in [0.25, 0.3) is 0 Å². The van der Waals surface area contributed by atoms with Crippen molar-refractivity contribution in [2.24, 2.45) is 0 Å². The van der Waals surface area contributed by atoms with Gasteiger partial charge in [-0.2, -0.15) is 0 Å². The number of rotatable bonds is 5. The zero-order chi connectivity index (χ0) is 15.2. The Labute approximate surface area is 129 Å². The van der Waals surface area contributed by atoms with Crippen LogP contribution in [0.3, 0.4) is 0 Å². The van der Waals surface area contributed by atoms with E-state index in [1.54, 1.807) is 17.0 Å². The molecule has 0 saturated carbocycles. The van der Waals surface area contributed by atoms with Gasteiger partial charge in [-0.05, 0) is 18.6 Å². The first kappa shape index (κ1) is 16.0. The number of amides is 1. The van der Waals surface area contributed by atoms with Gasteiger partial charge in [-0.15, -0.1) is 0 Å². The molecule has 0 spiro atoms. The average molecular weight is 314 g/mol. The van der Waals surface area contributed by atoms with E-state index in [1.807, 2.05) is 6.92 Å². The standard InChI is InChI=1S/C14H20ClN3O3/c1-2-3-16-13-7-10(6-12(15)17-13)14(20)18-4-5-21-11(8-18)9-19/h6-7,11,19H,2-5,8-9H2,1H3,(H,16,17). The number of nitrogens with one attached hydrogen (secondary N) is 1. The second kappa shape index (κ2) is 7.59. The molecule has 0 aliphatic carbocycles. The van der Waals surface area contributed by atoms with E-state index in [4.69, 9.17) is 21.4 Å². The number of ether oxygens (including phenoxy) is 1. The summed E-state index contributed by atoms with van der Waals surface area (Å²) in [5, 5.41) is 12.5. The van der Waals surface area contributed by atoms with Crippen LogP contribution in [0.1, 0.15) is 23.7 Å². The van der Waals surface area contributed by atoms with Crippen LogP contribution < -0.4 is 5.32 Å². The highest BCUT2D eigenvalue weighted by molar-refractivity contribution is 6.29. The van der Waals surface area contributed by atoms with Gasteiger partial charge in [0.15, 0.2) is 0 Å². The molecule has 2 heterocycles. The van der Waals surface area contributed by atoms with Gasteiger partial charge in [0.2, 0.25) is 0 Å². The SMILES string of the molecule is CCCNc1cc(C(=O)N2CCOC(CO)C2)cc(Cl)n1. The minimum absolute atomic E-state index is 0.0931. The first-order valence-corrected chi connectivity index (χ1v) is 7.45. The van der Waals surface area contributed by atoms with Gasteiger partial charge < -0.3 is 20.1 Å². The molecule has 1 amide bonds. The van der Waals surface area contributed by atoms with E-state index in [-0.39, 0.29) is 23.8 Å². The van der Waals surface area contributed by atoms with Crippen molar-refractivity contribution in [2.75, 3.05) is 38.2 Å². The molecule has 6 nitrogen and oxygen atoms in total. The Balaban J connectivity index is 2.12. The molecule has 1 fully saturated rings. The molecule has 1 aliphatic heterocycles. The molecule has 1 atom stereocenters. The topological polar surface area (TPSA) is 74.7 Å². The first-order valence-electron chi connectivity index (χ1n) is 7.07. The summed E-state index contributed by atoms with van der Waals surface area (Å²) in [6, 6.07) is 3.26. The summed E-state index contributed by atoms with van der Waals surface area (Å²) >= 11 is 5.98. The molecule has 0 bridgehead atoms. The molecule has 1 aromatic heterocycles. The van der Waals surface area contributed by atoms with Crippen molar-refractivity contribution < 1.29 is 14.6 Å². The van der Waals surface area contributed by atoms with Gasteiger partial charge in [0.25, 0.3) is 5.91 Å². The Morgan fingerprint density at radius 3 is 3.14 bits per heavy atom. The lowest BCUT2D eigenvalue weighted by Gasteiger charge is -2.32. The second-order valence-corrected chi connectivity index (χ2v) is 5.30. The van der Waals surface area contributed by atoms with Crippen LogP contribution in [0.5, 0.6) is 0 Å². The Bertz CT molecular complexity index is 498. The van der Waals surface area contributed by atoms with E-state index in [0.717, 1.165) is 13.0 Å². The maximum atomic E-state index is 12.5. The number of carbonyl (C=O) groups excluding carboxylic acids is 1. The summed E-state index contributed by atoms with van der Waals surface area (Å²) in [5.41, 5.74) is 0.493. The number of pyridine rings is 1. The first-order chi connectivity index (χ1) is 10.1. The number of carbonyl (C=O) groups is 1. The van der Waals surface area contributed by atoms with Crippen molar-refractivity contribution in [3.8, 4) is 0 Å². The molecule has 1 saturated heterocycles. The van der Waals surface area contributed by atoms with Crippen LogP contribution in [0.15, 0.2) is 12.1 Å². The van der Waals surface area contributed by atoms with Gasteiger partial charge in [0.05, 0.1) is 19.3 Å². The van der Waals surface area contributed by atoms with E-state index in [1.165, 1.54) is 0 Å². The molecule has 7 heteroatoms. The van der Waals surface area contributed by atoms with Crippen molar-refractivity contribution in [1.82, 2.24) is 9.88 Å². The molecule has 0 radical (unpaired) electrons. The number of hydrogen-bond donors (Lipinski definition) is 2. The smallest absolute Gasteiger partial charge is 0.254 e. The maximum Gasteiger partial charge on any atom is 0.254 e. The highest BCUT2D eigenvalue weighted by atomic mass is 35.5. The Hall–Kier alpha value is -1.37. The average Bonchev–Trinajstić information content (AvgIpc) is 2.51. The molecule has 2 N–H and O–H groups in total. The minimum atomic E-state index is -0.322. The lowest BCUT2D eigenvalue weighted by atomic mass is 10.2. The normalized spacial score (nSPS) is 18.6. The van der Waals surface area contributed by atoms with E-state index >= 15 is 0 Å². The Morgan fingerprint density at radius 2 is 2.43 bits per heavy atom. The van der Waals surface area contributed by atoms with Crippen LogP contribution in [0, 0.1) is 0 Å². The molecule has 1 aliphatic rings. The number of anilines is 1. The maximum absolute atomic E-state index is 12.5. The Kier molecular flexibility index (Phi) is 5.78. The molecule has 2 rings (SSSR count). The second-order valence-electron chi connectivity index (χ2n) is 4.92. The molecule has 1 aromatic rings. The van der Waals surface area contributed by atoms with Gasteiger partial charge in [-0.3, -0.25) is 4.79 Å². The monoisotopic (exact) mass is 313 g/mol. The van der Waals surface area contributed by atoms with Gasteiger partial charge in [0.1, 0.15) is 11.0 Å². The minimum Gasteiger partial charge on any atom is -0.394 e. The molecule has 21 heavy (non-hydrogen) atoms. The summed E-state index contributed by atoms with van der Waals surface area (Å²) in [4.78, 5) is 18.3. The summed E-state index contributed by atoms with van der Waals surface area (Å²) < 4.78 is 5.35. The molecule has 116 valence electrons. The molecular weight excluding hydrogens is 294 g/mol. The van der Waals surface area contributed by atoms with Crippen molar-refractivity contribution in [3.63, 3.8) is 0 Å². The zero-order valence-electron chi connectivity index (χ0n) is 12.0. The van der Waals surface area contributed by atoms with Crippen LogP contribution >= 0.6 is 11.6 Å². The summed E-state index contributed by atoms with van der Waals surface area (Å²) in [5.74, 6) is 0.472. The van der Waals surface area contributed by atoms with E-state index < -0.39 is 0 Å². The zero-order valence-corrected chi connectivity index (χ0v) is 12.8. The Morgan fingerprint density at radius 1 is 1.62 bits per heavy atom. The van der Waals surface area contributed by atoms with Crippen molar-refractivity contribution in [2.45, 2.75) is 19.4 Å². The third-order valence-electron chi connectivity index (χ3n) is 3.23. The number of morpholine rings is 1. The predicted octanol–water partition coefficient (Wildman–Crippen LogP) is 1.39. The summed E-state index contributed by atoms with van der Waals surface area (Å²) in [6.07, 6.45) is 0.636. The van der Waals surface area contributed by atoms with Crippen molar-refractivity contribution >= 4 is 23.3 Å².